The van der Waals surface area contributed by atoms with E-state index in [2.05, 4.69) is 0 Å². The quantitative estimate of drug-likeness (QED) is 0.505. The average Bonchev–Trinajstić information content (AvgIpc) is 3.51. The Morgan fingerprint density at radius 3 is 2.78 bits per heavy atom. The summed E-state index contributed by atoms with van der Waals surface area (Å²) in [5, 5.41) is 22.1. The third-order valence-electron chi connectivity index (χ3n) is 6.67. The highest BCUT2D eigenvalue weighted by Gasteiger charge is 2.58. The molecule has 0 spiro atoms. The zero-order valence-corrected chi connectivity index (χ0v) is 18.4. The van der Waals surface area contributed by atoms with Crippen LogP contribution < -0.4 is 0 Å². The molecule has 0 bridgehead atoms. The van der Waals surface area contributed by atoms with Crippen LogP contribution in [0.25, 0.3) is 0 Å². The van der Waals surface area contributed by atoms with Crippen molar-refractivity contribution >= 4 is 30.3 Å². The number of nitrogens with zero attached hydrogens (tertiary/aromatic N) is 1. The van der Waals surface area contributed by atoms with Crippen LogP contribution >= 0.6 is 11.3 Å². The number of hydrogen-bond acceptors (Lipinski definition) is 8. The summed E-state index contributed by atoms with van der Waals surface area (Å²) in [5.41, 5.74) is 1.47. The number of aliphatic hydroxyl groups excluding tert-OH is 1. The van der Waals surface area contributed by atoms with Crippen LogP contribution in [0.15, 0.2) is 45.1 Å². The van der Waals surface area contributed by atoms with Gasteiger partial charge in [-0.05, 0) is 53.4 Å². The predicted molar refractivity (Wildman–Crippen MR) is 115 cm³/mol. The number of methoxy groups -OCH3 is 1. The van der Waals surface area contributed by atoms with E-state index in [1.54, 1.807) is 19.2 Å². The Labute approximate surface area is 189 Å². The molecule has 2 fully saturated rings. The van der Waals surface area contributed by atoms with Gasteiger partial charge < -0.3 is 23.9 Å². The first-order chi connectivity index (χ1) is 15.5. The maximum Gasteiger partial charge on any atom is 0.487 e. The van der Waals surface area contributed by atoms with Crippen molar-refractivity contribution in [3.05, 3.63) is 57.1 Å². The lowest BCUT2D eigenvalue weighted by Crippen LogP contribution is -2.45. The number of aliphatic hydroxyl groups is 1. The molecule has 32 heavy (non-hydrogen) atoms. The van der Waals surface area contributed by atoms with Crippen LogP contribution in [0.4, 0.5) is 0 Å². The van der Waals surface area contributed by atoms with E-state index in [4.69, 9.17) is 13.8 Å². The second-order valence-corrected chi connectivity index (χ2v) is 9.48. The minimum Gasteiger partial charge on any atom is -0.461 e. The maximum absolute atomic E-state index is 13.5. The van der Waals surface area contributed by atoms with Crippen molar-refractivity contribution in [3.63, 3.8) is 0 Å². The molecule has 0 aromatic carbocycles. The van der Waals surface area contributed by atoms with Crippen molar-refractivity contribution in [1.82, 2.24) is 4.90 Å². The Morgan fingerprint density at radius 1 is 1.25 bits per heavy atom. The average molecular weight is 457 g/mol. The summed E-state index contributed by atoms with van der Waals surface area (Å²) in [4.78, 5) is 29.1. The third-order valence-corrected chi connectivity index (χ3v) is 7.53. The molecule has 2 aromatic heterocycles. The second-order valence-electron chi connectivity index (χ2n) is 8.45. The zero-order valence-electron chi connectivity index (χ0n) is 17.6. The number of hydrogen-bond donors (Lipinski definition) is 2. The third kappa shape index (κ3) is 3.56. The molecule has 10 heteroatoms. The van der Waals surface area contributed by atoms with E-state index in [0.29, 0.717) is 29.8 Å². The van der Waals surface area contributed by atoms with E-state index in [1.807, 2.05) is 17.5 Å². The van der Waals surface area contributed by atoms with Gasteiger partial charge in [0.1, 0.15) is 24.2 Å². The van der Waals surface area contributed by atoms with Gasteiger partial charge in [-0.15, -0.1) is 11.3 Å². The van der Waals surface area contributed by atoms with Crippen LogP contribution in [0.2, 0.25) is 0 Å². The Hall–Kier alpha value is -2.24. The highest BCUT2D eigenvalue weighted by atomic mass is 32.1. The number of carbonyl (C=O) groups is 2. The van der Waals surface area contributed by atoms with E-state index in [0.717, 1.165) is 10.5 Å². The molecule has 0 saturated carbocycles. The van der Waals surface area contributed by atoms with Crippen LogP contribution in [-0.2, 0) is 32.1 Å². The van der Waals surface area contributed by atoms with Crippen molar-refractivity contribution in [3.8, 4) is 0 Å². The minimum absolute atomic E-state index is 0.167. The lowest BCUT2D eigenvalue weighted by molar-refractivity contribution is -0.140. The van der Waals surface area contributed by atoms with Gasteiger partial charge >= 0.3 is 7.12 Å². The van der Waals surface area contributed by atoms with Gasteiger partial charge in [-0.1, -0.05) is 6.07 Å². The summed E-state index contributed by atoms with van der Waals surface area (Å²) in [7, 11) is 0.346. The number of amides is 2. The van der Waals surface area contributed by atoms with E-state index in [1.165, 1.54) is 16.2 Å². The van der Waals surface area contributed by atoms with Crippen molar-refractivity contribution in [2.45, 2.75) is 32.1 Å². The van der Waals surface area contributed by atoms with Gasteiger partial charge in [0.15, 0.2) is 0 Å². The molecular weight excluding hydrogens is 433 g/mol. The summed E-state index contributed by atoms with van der Waals surface area (Å²) in [5.74, 6) is -0.872. The van der Waals surface area contributed by atoms with E-state index in [-0.39, 0.29) is 37.5 Å². The summed E-state index contributed by atoms with van der Waals surface area (Å²) >= 11 is 1.51. The van der Waals surface area contributed by atoms with Gasteiger partial charge in [-0.3, -0.25) is 14.5 Å². The fourth-order valence-electron chi connectivity index (χ4n) is 5.33. The molecule has 2 N–H and O–H groups in total. The highest BCUT2D eigenvalue weighted by molar-refractivity contribution is 7.09. The SMILES string of the molecule is COCC1=C2B(O)O[C@H](c3ccc(CO)o3)C[C@H]2[C@H]2C(=O)N(Cc3cccs3)C(=O)[C@H]2C1. The van der Waals surface area contributed by atoms with Crippen LogP contribution in [-0.4, -0.2) is 47.7 Å². The fourth-order valence-corrected chi connectivity index (χ4v) is 6.03. The second kappa shape index (κ2) is 8.60. The molecule has 8 nitrogen and oxygen atoms in total. The fraction of sp³-hybridized carbons (Fsp3) is 0.455. The molecule has 168 valence electrons. The smallest absolute Gasteiger partial charge is 0.461 e. The topological polar surface area (TPSA) is 109 Å². The van der Waals surface area contributed by atoms with Crippen LogP contribution in [0, 0.1) is 17.8 Å². The van der Waals surface area contributed by atoms with Gasteiger partial charge in [-0.25, -0.2) is 0 Å². The van der Waals surface area contributed by atoms with Gasteiger partial charge in [0.2, 0.25) is 11.8 Å². The van der Waals surface area contributed by atoms with Crippen LogP contribution in [0.3, 0.4) is 0 Å². The van der Waals surface area contributed by atoms with E-state index < -0.39 is 25.1 Å². The number of rotatable bonds is 6. The Bertz CT molecular complexity index is 1050. The molecule has 5 rings (SSSR count). The Balaban J connectivity index is 1.49. The number of thiophene rings is 1. The molecule has 4 atom stereocenters. The van der Waals surface area contributed by atoms with Crippen molar-refractivity contribution < 1.29 is 33.5 Å². The number of likely N-dealkylation sites (tertiary alicyclic amines) is 1. The summed E-state index contributed by atoms with van der Waals surface area (Å²) in [6.45, 7) is 0.295. The van der Waals surface area contributed by atoms with Gasteiger partial charge in [0.25, 0.3) is 0 Å². The monoisotopic (exact) mass is 457 g/mol. The first kappa shape index (κ1) is 21.6. The minimum atomic E-state index is -1.22. The van der Waals surface area contributed by atoms with Gasteiger partial charge in [0.05, 0.1) is 25.0 Å². The molecule has 2 aliphatic heterocycles. The first-order valence-corrected chi connectivity index (χ1v) is 11.5. The molecule has 0 unspecified atom stereocenters. The molecule has 2 aromatic rings. The standard InChI is InChI=1S/C22H24BNO7S/c1-29-11-12-7-16-19(22(27)24(21(16)26)9-14-3-2-6-32-14)15-8-18(31-23(28)20(12)15)17-5-4-13(10-25)30-17/h2-6,15-16,18-19,25,28H,7-11H2,1H3/t15-,16-,18-,19+/m0/s1. The summed E-state index contributed by atoms with van der Waals surface area (Å²) in [6.07, 6.45) is 0.178. The van der Waals surface area contributed by atoms with E-state index in [9.17, 15) is 19.7 Å². The Morgan fingerprint density at radius 2 is 2.09 bits per heavy atom. The molecule has 3 aliphatic rings. The number of furan rings is 1. The maximum atomic E-state index is 13.5. The number of fused-ring (bicyclic) bond motifs is 3. The normalized spacial score (nSPS) is 27.8. The van der Waals surface area contributed by atoms with Gasteiger partial charge in [-0.2, -0.15) is 0 Å². The van der Waals surface area contributed by atoms with Gasteiger partial charge in [0, 0.05) is 12.0 Å². The number of carbonyl (C=O) groups excluding carboxylic acids is 2. The van der Waals surface area contributed by atoms with E-state index >= 15 is 0 Å². The molecular formula is C22H24BNO7S. The zero-order chi connectivity index (χ0) is 22.4. The largest absolute Gasteiger partial charge is 0.487 e. The first-order valence-electron chi connectivity index (χ1n) is 10.6. The predicted octanol–water partition coefficient (Wildman–Crippen LogP) is 2.08. The highest BCUT2D eigenvalue weighted by Crippen LogP contribution is 2.51. The number of imide groups is 1. The molecule has 1 aliphatic carbocycles. The summed E-state index contributed by atoms with van der Waals surface area (Å²) in [6, 6.07) is 7.18. The number of allylic oxidation sites excluding steroid dienone is 1. The Kier molecular flexibility index (Phi) is 5.81. The summed E-state index contributed by atoms with van der Waals surface area (Å²) < 4.78 is 16.8. The van der Waals surface area contributed by atoms with Crippen LogP contribution in [0.1, 0.15) is 35.3 Å². The van der Waals surface area contributed by atoms with Crippen molar-refractivity contribution in [2.24, 2.45) is 17.8 Å². The molecule has 0 radical (unpaired) electrons. The molecule has 2 saturated heterocycles. The lowest BCUT2D eigenvalue weighted by Gasteiger charge is -2.41. The van der Waals surface area contributed by atoms with Crippen molar-refractivity contribution in [2.75, 3.05) is 13.7 Å². The van der Waals surface area contributed by atoms with Crippen LogP contribution in [0.5, 0.6) is 0 Å². The molecule has 2 amide bonds. The number of ether oxygens (including phenoxy) is 1. The lowest BCUT2D eigenvalue weighted by atomic mass is 9.55. The van der Waals surface area contributed by atoms with Crippen molar-refractivity contribution in [1.29, 1.82) is 0 Å². The molecule has 4 heterocycles.